The largest absolute Gasteiger partial charge is 0.573 e. The zero-order chi connectivity index (χ0) is 26.4. The normalized spacial score (nSPS) is 18.8. The highest BCUT2D eigenvalue weighted by Gasteiger charge is 2.42. The molecule has 8 nitrogen and oxygen atoms in total. The second kappa shape index (κ2) is 9.43. The first-order valence-electron chi connectivity index (χ1n) is 11.8. The van der Waals surface area contributed by atoms with Gasteiger partial charge < -0.3 is 25.1 Å². The number of nitrogens with two attached hydrogens (primary N) is 1. The summed E-state index contributed by atoms with van der Waals surface area (Å²) in [5.74, 6) is -1.24. The molecule has 3 N–H and O–H groups in total. The third kappa shape index (κ3) is 5.04. The monoisotopic (exact) mass is 525 g/mol. The summed E-state index contributed by atoms with van der Waals surface area (Å²) in [5, 5.41) is 0. The Hall–Kier alpha value is -3.48. The van der Waals surface area contributed by atoms with Gasteiger partial charge >= 0.3 is 6.36 Å². The highest BCUT2D eigenvalue weighted by Crippen LogP contribution is 2.42. The van der Waals surface area contributed by atoms with Crippen LogP contribution in [0.5, 0.6) is 5.75 Å². The van der Waals surface area contributed by atoms with E-state index in [0.29, 0.717) is 19.0 Å². The number of hydrogen-bond donors (Lipinski definition) is 2. The molecule has 1 amide bonds. The Balaban J connectivity index is 1.34. The summed E-state index contributed by atoms with van der Waals surface area (Å²) in [7, 11) is 0. The van der Waals surface area contributed by atoms with Crippen molar-refractivity contribution in [2.45, 2.75) is 43.6 Å². The van der Waals surface area contributed by atoms with Crippen molar-refractivity contribution in [1.82, 2.24) is 19.9 Å². The number of hydrogen-bond acceptors (Lipinski definition) is 6. The molecule has 0 aliphatic carbocycles. The fourth-order valence-corrected chi connectivity index (χ4v) is 4.97. The van der Waals surface area contributed by atoms with E-state index in [2.05, 4.69) is 19.7 Å². The molecule has 0 saturated carbocycles. The zero-order valence-electron chi connectivity index (χ0n) is 19.6. The Morgan fingerprint density at radius 3 is 2.57 bits per heavy atom. The van der Waals surface area contributed by atoms with Crippen molar-refractivity contribution in [2.75, 3.05) is 32.0 Å². The van der Waals surface area contributed by atoms with Gasteiger partial charge in [0.1, 0.15) is 23.1 Å². The molecule has 0 unspecified atom stereocenters. The summed E-state index contributed by atoms with van der Waals surface area (Å²) in [6, 6.07) is 3.02. The minimum absolute atomic E-state index is 0.0342. The standard InChI is InChI=1S/C24H24F5N5O3/c25-16-12-31-21-19(32-20(33-21)13-3-9-36-10-4-13)18(16)23(26)5-7-34(8-6-23)22(35)15-2-1-14(11-17(15)30)37-24(27,28)29/h1-2,11-13H,3-10,30H2,(H,31,32,33). The number of aromatic amines is 1. The van der Waals surface area contributed by atoms with Crippen molar-refractivity contribution >= 4 is 22.8 Å². The first-order chi connectivity index (χ1) is 17.5. The lowest BCUT2D eigenvalue weighted by Crippen LogP contribution is -2.44. The summed E-state index contributed by atoms with van der Waals surface area (Å²) >= 11 is 0. The number of likely N-dealkylation sites (tertiary alicyclic amines) is 1. The molecular formula is C24H24F5N5O3. The average Bonchev–Trinajstić information content (AvgIpc) is 3.28. The number of fused-ring (bicyclic) bond motifs is 1. The summed E-state index contributed by atoms with van der Waals surface area (Å²) in [5.41, 5.74) is 3.73. The van der Waals surface area contributed by atoms with Crippen molar-refractivity contribution in [3.05, 3.63) is 47.2 Å². The summed E-state index contributed by atoms with van der Waals surface area (Å²) in [6.45, 7) is 1.05. The van der Waals surface area contributed by atoms with Gasteiger partial charge in [0.2, 0.25) is 0 Å². The molecule has 2 aliphatic heterocycles. The van der Waals surface area contributed by atoms with Gasteiger partial charge in [-0.25, -0.2) is 18.7 Å². The fourth-order valence-electron chi connectivity index (χ4n) is 4.97. The van der Waals surface area contributed by atoms with E-state index >= 15 is 4.39 Å². The lowest BCUT2D eigenvalue weighted by atomic mass is 9.85. The second-order valence-electron chi connectivity index (χ2n) is 9.24. The summed E-state index contributed by atoms with van der Waals surface area (Å²) in [6.07, 6.45) is -2.87. The number of alkyl halides is 4. The highest BCUT2D eigenvalue weighted by atomic mass is 19.4. The molecule has 13 heteroatoms. The predicted molar refractivity (Wildman–Crippen MR) is 122 cm³/mol. The van der Waals surface area contributed by atoms with Gasteiger partial charge in [-0.3, -0.25) is 4.79 Å². The molecule has 2 fully saturated rings. The van der Waals surface area contributed by atoms with Crippen LogP contribution in [0.2, 0.25) is 0 Å². The molecule has 3 aromatic rings. The highest BCUT2D eigenvalue weighted by molar-refractivity contribution is 5.99. The minimum Gasteiger partial charge on any atom is -0.406 e. The Labute approximate surface area is 208 Å². The summed E-state index contributed by atoms with van der Waals surface area (Å²) < 4.78 is 77.7. The zero-order valence-corrected chi connectivity index (χ0v) is 19.6. The number of H-pyrrole nitrogens is 1. The van der Waals surface area contributed by atoms with Crippen LogP contribution < -0.4 is 10.5 Å². The van der Waals surface area contributed by atoms with Crippen molar-refractivity contribution in [3.63, 3.8) is 0 Å². The number of nitrogen functional groups attached to an aromatic ring is 1. The lowest BCUT2D eigenvalue weighted by Gasteiger charge is -2.37. The Morgan fingerprint density at radius 1 is 1.22 bits per heavy atom. The van der Waals surface area contributed by atoms with Gasteiger partial charge in [0, 0.05) is 56.8 Å². The number of nitrogens with zero attached hydrogens (tertiary/aromatic N) is 3. The SMILES string of the molecule is Nc1cc(OC(F)(F)F)ccc1C(=O)N1CCC(F)(c2c(F)cnc3nc(C4CCOCC4)[nH]c23)CC1. The third-order valence-corrected chi connectivity index (χ3v) is 6.88. The maximum atomic E-state index is 16.3. The van der Waals surface area contributed by atoms with E-state index in [-0.39, 0.29) is 59.8 Å². The van der Waals surface area contributed by atoms with Gasteiger partial charge in [-0.2, -0.15) is 0 Å². The van der Waals surface area contributed by atoms with E-state index < -0.39 is 29.5 Å². The van der Waals surface area contributed by atoms with E-state index in [1.54, 1.807) is 0 Å². The molecule has 0 bridgehead atoms. The van der Waals surface area contributed by atoms with Crippen LogP contribution in [0.3, 0.4) is 0 Å². The quantitative estimate of drug-likeness (QED) is 0.382. The second-order valence-corrected chi connectivity index (χ2v) is 9.24. The molecule has 5 rings (SSSR count). The first kappa shape index (κ1) is 25.2. The molecule has 2 aliphatic rings. The third-order valence-electron chi connectivity index (χ3n) is 6.88. The number of rotatable bonds is 4. The van der Waals surface area contributed by atoms with Crippen LogP contribution in [0, 0.1) is 5.82 Å². The van der Waals surface area contributed by atoms with Crippen molar-refractivity contribution in [3.8, 4) is 5.75 Å². The van der Waals surface area contributed by atoms with Gasteiger partial charge in [0.15, 0.2) is 5.65 Å². The van der Waals surface area contributed by atoms with Gasteiger partial charge in [0.25, 0.3) is 5.91 Å². The number of carbonyl (C=O) groups is 1. The first-order valence-corrected chi connectivity index (χ1v) is 11.8. The Morgan fingerprint density at radius 2 is 1.92 bits per heavy atom. The van der Waals surface area contributed by atoms with Crippen molar-refractivity contribution < 1.29 is 36.2 Å². The number of carbonyl (C=O) groups excluding carboxylic acids is 1. The number of amides is 1. The van der Waals surface area contributed by atoms with Crippen LogP contribution in [0.1, 0.15) is 53.3 Å². The molecule has 1 aromatic carbocycles. The number of ether oxygens (including phenoxy) is 2. The maximum Gasteiger partial charge on any atom is 0.573 e. The number of benzene rings is 1. The molecule has 2 saturated heterocycles. The van der Waals surface area contributed by atoms with Gasteiger partial charge in [0.05, 0.1) is 22.8 Å². The smallest absolute Gasteiger partial charge is 0.406 e. The Kier molecular flexibility index (Phi) is 6.42. The number of imidazole rings is 1. The van der Waals surface area contributed by atoms with E-state index in [0.717, 1.165) is 37.2 Å². The van der Waals surface area contributed by atoms with E-state index in [1.165, 1.54) is 4.90 Å². The number of piperidine rings is 1. The number of anilines is 1. The van der Waals surface area contributed by atoms with Gasteiger partial charge in [-0.15, -0.1) is 13.2 Å². The molecule has 0 spiro atoms. The molecule has 198 valence electrons. The predicted octanol–water partition coefficient (Wildman–Crippen LogP) is 4.57. The maximum absolute atomic E-state index is 16.3. The summed E-state index contributed by atoms with van der Waals surface area (Å²) in [4.78, 5) is 25.9. The molecule has 4 heterocycles. The van der Waals surface area contributed by atoms with E-state index in [1.807, 2.05) is 0 Å². The fraction of sp³-hybridized carbons (Fsp3) is 0.458. The van der Waals surface area contributed by atoms with Gasteiger partial charge in [-0.1, -0.05) is 0 Å². The van der Waals surface area contributed by atoms with Crippen LogP contribution in [0.15, 0.2) is 24.4 Å². The minimum atomic E-state index is -4.90. The lowest BCUT2D eigenvalue weighted by molar-refractivity contribution is -0.274. The van der Waals surface area contributed by atoms with Crippen LogP contribution in [-0.2, 0) is 10.4 Å². The van der Waals surface area contributed by atoms with E-state index in [4.69, 9.17) is 10.5 Å². The number of nitrogens with one attached hydrogen (secondary N) is 1. The van der Waals surface area contributed by atoms with E-state index in [9.17, 15) is 22.4 Å². The van der Waals surface area contributed by atoms with Crippen LogP contribution in [0.25, 0.3) is 11.2 Å². The van der Waals surface area contributed by atoms with Crippen molar-refractivity contribution in [2.24, 2.45) is 0 Å². The molecular weight excluding hydrogens is 501 g/mol. The van der Waals surface area contributed by atoms with Crippen LogP contribution in [0.4, 0.5) is 27.6 Å². The van der Waals surface area contributed by atoms with Crippen LogP contribution >= 0.6 is 0 Å². The average molecular weight is 525 g/mol. The topological polar surface area (TPSA) is 106 Å². The van der Waals surface area contributed by atoms with Crippen molar-refractivity contribution in [1.29, 1.82) is 0 Å². The van der Waals surface area contributed by atoms with Crippen LogP contribution in [-0.4, -0.2) is 58.4 Å². The van der Waals surface area contributed by atoms with Gasteiger partial charge in [-0.05, 0) is 25.0 Å². The number of pyridine rings is 1. The molecule has 0 radical (unpaired) electrons. The Bertz CT molecular complexity index is 1310. The molecule has 2 aromatic heterocycles. The number of aromatic nitrogens is 3. The molecule has 37 heavy (non-hydrogen) atoms. The number of halogens is 5. The molecule has 0 atom stereocenters.